The molecule has 0 saturated carbocycles. The van der Waals surface area contributed by atoms with Gasteiger partial charge in [0.1, 0.15) is 18.7 Å². The predicted molar refractivity (Wildman–Crippen MR) is 95.3 cm³/mol. The average Bonchev–Trinajstić information content (AvgIpc) is 2.98. The molecule has 3 aromatic rings. The summed E-state index contributed by atoms with van der Waals surface area (Å²) in [7, 11) is 0. The summed E-state index contributed by atoms with van der Waals surface area (Å²) in [5, 5.41) is 10.8. The zero-order valence-electron chi connectivity index (χ0n) is 12.0. The van der Waals surface area contributed by atoms with Gasteiger partial charge in [-0.15, -0.1) is 0 Å². The molecule has 0 aliphatic heterocycles. The van der Waals surface area contributed by atoms with Crippen LogP contribution in [0.3, 0.4) is 0 Å². The van der Waals surface area contributed by atoms with Crippen LogP contribution < -0.4 is 4.74 Å². The minimum atomic E-state index is 0.433. The highest BCUT2D eigenvalue weighted by molar-refractivity contribution is 9.10. The first-order valence-corrected chi connectivity index (χ1v) is 8.05. The molecule has 1 aromatic heterocycles. The van der Waals surface area contributed by atoms with Gasteiger partial charge in [0.05, 0.1) is 6.21 Å². The molecular weight excluding hydrogens is 376 g/mol. The molecule has 0 amide bonds. The van der Waals surface area contributed by atoms with Gasteiger partial charge in [0.15, 0.2) is 0 Å². The normalized spacial score (nSPS) is 11.0. The summed E-state index contributed by atoms with van der Waals surface area (Å²) in [5.74, 6) is 0.746. The highest BCUT2D eigenvalue weighted by Gasteiger charge is 2.04. The lowest BCUT2D eigenvalue weighted by molar-refractivity contribution is 0.305. The summed E-state index contributed by atoms with van der Waals surface area (Å²) in [5.41, 5.74) is 1.95. The third-order valence-corrected chi connectivity index (χ3v) is 3.84. The Labute approximate surface area is 146 Å². The van der Waals surface area contributed by atoms with Crippen molar-refractivity contribution in [2.45, 2.75) is 6.61 Å². The van der Waals surface area contributed by atoms with Gasteiger partial charge in [-0.1, -0.05) is 46.3 Å². The first-order chi connectivity index (χ1) is 11.2. The minimum Gasteiger partial charge on any atom is -0.488 e. The first-order valence-electron chi connectivity index (χ1n) is 6.85. The van der Waals surface area contributed by atoms with E-state index in [0.29, 0.717) is 11.4 Å². The average molecular weight is 389 g/mol. The van der Waals surface area contributed by atoms with Crippen molar-refractivity contribution in [3.63, 3.8) is 0 Å². The number of aromatic amines is 1. The molecule has 1 heterocycles. The van der Waals surface area contributed by atoms with Gasteiger partial charge >= 0.3 is 0 Å². The monoisotopic (exact) mass is 388 g/mol. The van der Waals surface area contributed by atoms with E-state index in [1.165, 1.54) is 11.0 Å². The molecule has 0 aliphatic rings. The summed E-state index contributed by atoms with van der Waals surface area (Å²) in [4.78, 5) is 0. The SMILES string of the molecule is S=c1[nH]ncn1/N=C\c1cc(Br)ccc1OCc1ccccc1. The lowest BCUT2D eigenvalue weighted by atomic mass is 10.2. The number of hydrogen-bond acceptors (Lipinski definition) is 4. The summed E-state index contributed by atoms with van der Waals surface area (Å²) in [6, 6.07) is 15.8. The maximum absolute atomic E-state index is 5.91. The third kappa shape index (κ3) is 4.14. The number of hydrogen-bond donors (Lipinski definition) is 1. The molecule has 23 heavy (non-hydrogen) atoms. The van der Waals surface area contributed by atoms with Crippen molar-refractivity contribution in [2.75, 3.05) is 0 Å². The molecule has 2 aromatic carbocycles. The van der Waals surface area contributed by atoms with Gasteiger partial charge in [0, 0.05) is 10.0 Å². The number of benzene rings is 2. The molecule has 0 spiro atoms. The fourth-order valence-electron chi connectivity index (χ4n) is 1.94. The second-order valence-electron chi connectivity index (χ2n) is 4.71. The summed E-state index contributed by atoms with van der Waals surface area (Å²) >= 11 is 8.53. The topological polar surface area (TPSA) is 55.2 Å². The maximum Gasteiger partial charge on any atom is 0.216 e. The van der Waals surface area contributed by atoms with Gasteiger partial charge in [0.25, 0.3) is 0 Å². The number of nitrogens with zero attached hydrogens (tertiary/aromatic N) is 3. The van der Waals surface area contributed by atoms with Crippen LogP contribution in [0, 0.1) is 4.77 Å². The van der Waals surface area contributed by atoms with E-state index in [2.05, 4.69) is 31.2 Å². The van der Waals surface area contributed by atoms with Crippen LogP contribution in [0.15, 0.2) is 64.4 Å². The number of nitrogens with one attached hydrogen (secondary N) is 1. The van der Waals surface area contributed by atoms with E-state index < -0.39 is 0 Å². The molecular formula is C16H13BrN4OS. The van der Waals surface area contributed by atoms with E-state index in [-0.39, 0.29) is 0 Å². The van der Waals surface area contributed by atoms with Crippen molar-refractivity contribution >= 4 is 34.4 Å². The molecule has 0 aliphatic carbocycles. The Morgan fingerprint density at radius 2 is 2.09 bits per heavy atom. The van der Waals surface area contributed by atoms with Crippen molar-refractivity contribution in [3.05, 3.63) is 75.2 Å². The summed E-state index contributed by atoms with van der Waals surface area (Å²) in [6.45, 7) is 0.494. The largest absolute Gasteiger partial charge is 0.488 e. The van der Waals surface area contributed by atoms with Crippen LogP contribution in [-0.4, -0.2) is 21.1 Å². The van der Waals surface area contributed by atoms with Crippen molar-refractivity contribution in [2.24, 2.45) is 5.10 Å². The zero-order valence-corrected chi connectivity index (χ0v) is 14.4. The van der Waals surface area contributed by atoms with Crippen LogP contribution >= 0.6 is 28.1 Å². The molecule has 0 radical (unpaired) electrons. The standard InChI is InChI=1S/C16H13BrN4OS/c17-14-6-7-15(22-10-12-4-2-1-3-5-12)13(8-14)9-19-21-11-18-20-16(21)23/h1-9,11H,10H2,(H,20,23)/b19-9-. The van der Waals surface area contributed by atoms with Crippen molar-refractivity contribution in [3.8, 4) is 5.75 Å². The molecule has 116 valence electrons. The van der Waals surface area contributed by atoms with Crippen molar-refractivity contribution in [1.29, 1.82) is 0 Å². The van der Waals surface area contributed by atoms with E-state index in [1.54, 1.807) is 6.21 Å². The van der Waals surface area contributed by atoms with Crippen LogP contribution in [0.1, 0.15) is 11.1 Å². The zero-order chi connectivity index (χ0) is 16.1. The molecule has 5 nitrogen and oxygen atoms in total. The van der Waals surface area contributed by atoms with E-state index >= 15 is 0 Å². The van der Waals surface area contributed by atoms with Gasteiger partial charge in [-0.3, -0.25) is 5.10 Å². The summed E-state index contributed by atoms with van der Waals surface area (Å²) in [6.07, 6.45) is 3.21. The van der Waals surface area contributed by atoms with E-state index in [0.717, 1.165) is 21.3 Å². The van der Waals surface area contributed by atoms with Gasteiger partial charge in [-0.05, 0) is 36.0 Å². The van der Waals surface area contributed by atoms with Crippen LogP contribution in [0.25, 0.3) is 0 Å². The molecule has 0 atom stereocenters. The Morgan fingerprint density at radius 3 is 2.83 bits per heavy atom. The third-order valence-electron chi connectivity index (χ3n) is 3.07. The first kappa shape index (κ1) is 15.6. The summed E-state index contributed by atoms with van der Waals surface area (Å²) < 4.78 is 8.77. The number of H-pyrrole nitrogens is 1. The Kier molecular flexibility index (Phi) is 4.99. The second-order valence-corrected chi connectivity index (χ2v) is 6.01. The molecule has 0 unspecified atom stereocenters. The van der Waals surface area contributed by atoms with Gasteiger partial charge < -0.3 is 4.74 Å². The Hall–Kier alpha value is -2.25. The Morgan fingerprint density at radius 1 is 1.26 bits per heavy atom. The number of ether oxygens (including phenoxy) is 1. The smallest absolute Gasteiger partial charge is 0.216 e. The maximum atomic E-state index is 5.91. The van der Waals surface area contributed by atoms with Crippen molar-refractivity contribution in [1.82, 2.24) is 14.9 Å². The molecule has 0 fully saturated rings. The second kappa shape index (κ2) is 7.34. The Balaban J connectivity index is 1.82. The van der Waals surface area contributed by atoms with Gasteiger partial charge in [0.2, 0.25) is 4.77 Å². The molecule has 7 heteroatoms. The number of aromatic nitrogens is 3. The van der Waals surface area contributed by atoms with Gasteiger partial charge in [-0.25, -0.2) is 0 Å². The number of rotatable bonds is 5. The molecule has 0 bridgehead atoms. The quantitative estimate of drug-likeness (QED) is 0.527. The lowest BCUT2D eigenvalue weighted by Gasteiger charge is -2.09. The highest BCUT2D eigenvalue weighted by Crippen LogP contribution is 2.23. The van der Waals surface area contributed by atoms with E-state index in [1.807, 2.05) is 48.5 Å². The van der Waals surface area contributed by atoms with Crippen LogP contribution in [-0.2, 0) is 6.61 Å². The van der Waals surface area contributed by atoms with E-state index in [4.69, 9.17) is 17.0 Å². The van der Waals surface area contributed by atoms with E-state index in [9.17, 15) is 0 Å². The van der Waals surface area contributed by atoms with Crippen LogP contribution in [0.4, 0.5) is 0 Å². The fraction of sp³-hybridized carbons (Fsp3) is 0.0625. The molecule has 0 saturated heterocycles. The van der Waals surface area contributed by atoms with Gasteiger partial charge in [-0.2, -0.15) is 14.9 Å². The predicted octanol–water partition coefficient (Wildman–Crippen LogP) is 4.16. The minimum absolute atomic E-state index is 0.433. The van der Waals surface area contributed by atoms with Crippen molar-refractivity contribution < 1.29 is 4.74 Å². The Bertz CT molecular complexity index is 873. The lowest BCUT2D eigenvalue weighted by Crippen LogP contribution is -1.99. The van der Waals surface area contributed by atoms with Crippen LogP contribution in [0.5, 0.6) is 5.75 Å². The van der Waals surface area contributed by atoms with Crippen LogP contribution in [0.2, 0.25) is 0 Å². The molecule has 3 rings (SSSR count). The highest BCUT2D eigenvalue weighted by atomic mass is 79.9. The fourth-order valence-corrected chi connectivity index (χ4v) is 2.46. The number of halogens is 1. The molecule has 1 N–H and O–H groups in total.